The van der Waals surface area contributed by atoms with Gasteiger partial charge in [-0.2, -0.15) is 0 Å². The summed E-state index contributed by atoms with van der Waals surface area (Å²) < 4.78 is 17.0. The third-order valence-corrected chi connectivity index (χ3v) is 4.83. The fourth-order valence-corrected chi connectivity index (χ4v) is 3.58. The minimum absolute atomic E-state index is 0.0679. The Bertz CT molecular complexity index is 764. The highest BCUT2D eigenvalue weighted by molar-refractivity contribution is 5.72. The van der Waals surface area contributed by atoms with Gasteiger partial charge in [-0.3, -0.25) is 4.98 Å². The van der Waals surface area contributed by atoms with Gasteiger partial charge in [0.05, 0.1) is 18.4 Å². The first-order chi connectivity index (χ1) is 13.0. The summed E-state index contributed by atoms with van der Waals surface area (Å²) in [6.45, 7) is 13.4. The van der Waals surface area contributed by atoms with Gasteiger partial charge in [-0.25, -0.2) is 4.79 Å². The van der Waals surface area contributed by atoms with Crippen molar-refractivity contribution < 1.29 is 19.0 Å². The second kappa shape index (κ2) is 7.84. The minimum atomic E-state index is -0.500. The van der Waals surface area contributed by atoms with Crippen molar-refractivity contribution in [3.05, 3.63) is 35.2 Å². The Morgan fingerprint density at radius 1 is 1.39 bits per heavy atom. The maximum atomic E-state index is 12.2. The van der Waals surface area contributed by atoms with E-state index in [4.69, 9.17) is 19.2 Å². The van der Waals surface area contributed by atoms with Crippen LogP contribution in [-0.4, -0.2) is 53.2 Å². The lowest BCUT2D eigenvalue weighted by molar-refractivity contribution is -0.138. The van der Waals surface area contributed by atoms with E-state index in [2.05, 4.69) is 19.1 Å². The van der Waals surface area contributed by atoms with E-state index >= 15 is 0 Å². The first kappa shape index (κ1) is 20.8. The molecule has 0 spiro atoms. The highest BCUT2D eigenvalue weighted by Gasteiger charge is 2.32. The van der Waals surface area contributed by atoms with Crippen LogP contribution in [0.5, 0.6) is 0 Å². The molecule has 1 aromatic rings. The molecule has 3 rings (SSSR count). The number of amides is 1. The second-order valence-corrected chi connectivity index (χ2v) is 9.07. The van der Waals surface area contributed by atoms with E-state index in [0.29, 0.717) is 19.7 Å². The van der Waals surface area contributed by atoms with Gasteiger partial charge in [-0.15, -0.1) is 0 Å². The molecule has 0 radical (unpaired) electrons. The molecule has 2 aliphatic heterocycles. The maximum absolute atomic E-state index is 12.2. The largest absolute Gasteiger partial charge is 0.444 e. The van der Waals surface area contributed by atoms with Crippen molar-refractivity contribution in [3.8, 4) is 0 Å². The lowest BCUT2D eigenvalue weighted by Gasteiger charge is -2.29. The first-order valence-corrected chi connectivity index (χ1v) is 9.97. The summed E-state index contributed by atoms with van der Waals surface area (Å²) in [6, 6.07) is 2.18. The Morgan fingerprint density at radius 2 is 2.14 bits per heavy atom. The van der Waals surface area contributed by atoms with Gasteiger partial charge in [-0.1, -0.05) is 12.1 Å². The zero-order chi connectivity index (χ0) is 20.5. The maximum Gasteiger partial charge on any atom is 0.410 e. The SMILES string of the molecule is Cc1cc(CC2COC(C)(C)O2)cnc1C1=CCN(C(=O)OC(C)(C)C)CC1. The van der Waals surface area contributed by atoms with Crippen LogP contribution in [0.15, 0.2) is 18.3 Å². The number of aryl methyl sites for hydroxylation is 1. The predicted octanol–water partition coefficient (Wildman–Crippen LogP) is 4.11. The predicted molar refractivity (Wildman–Crippen MR) is 108 cm³/mol. The molecule has 0 N–H and O–H groups in total. The van der Waals surface area contributed by atoms with Crippen molar-refractivity contribution in [1.29, 1.82) is 0 Å². The van der Waals surface area contributed by atoms with Crippen molar-refractivity contribution in [2.75, 3.05) is 19.7 Å². The molecule has 1 fully saturated rings. The number of nitrogens with zero attached hydrogens (tertiary/aromatic N) is 2. The van der Waals surface area contributed by atoms with Crippen LogP contribution in [0, 0.1) is 6.92 Å². The van der Waals surface area contributed by atoms with Crippen molar-refractivity contribution >= 4 is 11.7 Å². The molecular formula is C22H32N2O4. The third-order valence-electron chi connectivity index (χ3n) is 4.83. The molecule has 1 saturated heterocycles. The van der Waals surface area contributed by atoms with Gasteiger partial charge < -0.3 is 19.1 Å². The summed E-state index contributed by atoms with van der Waals surface area (Å²) in [5.41, 5.74) is 4.02. The standard InChI is InChI=1S/C22H32N2O4/c1-15-11-16(12-18-14-26-22(5,6)27-18)13-23-19(15)17-7-9-24(10-8-17)20(25)28-21(2,3)4/h7,11,13,18H,8-10,12,14H2,1-6H3. The average Bonchev–Trinajstić information content (AvgIpc) is 2.92. The Morgan fingerprint density at radius 3 is 2.68 bits per heavy atom. The monoisotopic (exact) mass is 388 g/mol. The number of carbonyl (C=O) groups is 1. The van der Waals surface area contributed by atoms with Gasteiger partial charge in [0, 0.05) is 25.7 Å². The molecule has 3 heterocycles. The van der Waals surface area contributed by atoms with Crippen molar-refractivity contribution in [2.45, 2.75) is 71.9 Å². The zero-order valence-electron chi connectivity index (χ0n) is 17.9. The van der Waals surface area contributed by atoms with Gasteiger partial charge in [0.25, 0.3) is 0 Å². The van der Waals surface area contributed by atoms with E-state index in [-0.39, 0.29) is 12.2 Å². The lowest BCUT2D eigenvalue weighted by atomic mass is 9.99. The molecule has 0 bridgehead atoms. The zero-order valence-corrected chi connectivity index (χ0v) is 17.9. The molecule has 1 amide bonds. The van der Waals surface area contributed by atoms with Crippen LogP contribution in [0.25, 0.3) is 5.57 Å². The van der Waals surface area contributed by atoms with Gasteiger partial charge in [0.15, 0.2) is 5.79 Å². The number of pyridine rings is 1. The number of aromatic nitrogens is 1. The summed E-state index contributed by atoms with van der Waals surface area (Å²) in [5.74, 6) is -0.500. The molecule has 28 heavy (non-hydrogen) atoms. The Kier molecular flexibility index (Phi) is 5.82. The van der Waals surface area contributed by atoms with Crippen LogP contribution < -0.4 is 0 Å². The Balaban J connectivity index is 1.62. The molecule has 1 aromatic heterocycles. The van der Waals surface area contributed by atoms with Gasteiger partial charge >= 0.3 is 6.09 Å². The number of ether oxygens (including phenoxy) is 3. The highest BCUT2D eigenvalue weighted by Crippen LogP contribution is 2.27. The molecular weight excluding hydrogens is 356 g/mol. The molecule has 1 atom stereocenters. The Hall–Kier alpha value is -1.92. The van der Waals surface area contributed by atoms with E-state index in [1.54, 1.807) is 4.90 Å². The second-order valence-electron chi connectivity index (χ2n) is 9.07. The smallest absolute Gasteiger partial charge is 0.410 e. The summed E-state index contributed by atoms with van der Waals surface area (Å²) in [6.07, 6.45) is 5.39. The number of hydrogen-bond acceptors (Lipinski definition) is 5. The van der Waals surface area contributed by atoms with E-state index in [1.807, 2.05) is 40.8 Å². The van der Waals surface area contributed by atoms with E-state index in [9.17, 15) is 4.79 Å². The molecule has 0 saturated carbocycles. The van der Waals surface area contributed by atoms with E-state index in [0.717, 1.165) is 29.7 Å². The molecule has 6 heteroatoms. The van der Waals surface area contributed by atoms with E-state index < -0.39 is 11.4 Å². The summed E-state index contributed by atoms with van der Waals surface area (Å²) >= 11 is 0. The van der Waals surface area contributed by atoms with Gasteiger partial charge in [0.1, 0.15) is 5.60 Å². The number of carbonyl (C=O) groups excluding carboxylic acids is 1. The minimum Gasteiger partial charge on any atom is -0.444 e. The average molecular weight is 389 g/mol. The Labute approximate surface area is 167 Å². The van der Waals surface area contributed by atoms with Crippen LogP contribution in [0.1, 0.15) is 57.9 Å². The first-order valence-electron chi connectivity index (χ1n) is 9.97. The summed E-state index contributed by atoms with van der Waals surface area (Å²) in [7, 11) is 0. The molecule has 2 aliphatic rings. The molecule has 1 unspecified atom stereocenters. The topological polar surface area (TPSA) is 60.9 Å². The van der Waals surface area contributed by atoms with Crippen LogP contribution in [0.4, 0.5) is 4.79 Å². The van der Waals surface area contributed by atoms with Crippen molar-refractivity contribution in [3.63, 3.8) is 0 Å². The third kappa shape index (κ3) is 5.32. The van der Waals surface area contributed by atoms with Crippen LogP contribution in [0.2, 0.25) is 0 Å². The highest BCUT2D eigenvalue weighted by atomic mass is 16.7. The summed E-state index contributed by atoms with van der Waals surface area (Å²) in [4.78, 5) is 18.7. The normalized spacial score (nSPS) is 22.1. The van der Waals surface area contributed by atoms with Crippen LogP contribution in [0.3, 0.4) is 0 Å². The van der Waals surface area contributed by atoms with Gasteiger partial charge in [-0.05, 0) is 64.7 Å². The van der Waals surface area contributed by atoms with E-state index in [1.165, 1.54) is 5.57 Å². The van der Waals surface area contributed by atoms with Crippen molar-refractivity contribution in [1.82, 2.24) is 9.88 Å². The molecule has 0 aliphatic carbocycles. The van der Waals surface area contributed by atoms with Crippen molar-refractivity contribution in [2.24, 2.45) is 0 Å². The van der Waals surface area contributed by atoms with Crippen LogP contribution in [-0.2, 0) is 20.6 Å². The number of rotatable bonds is 3. The van der Waals surface area contributed by atoms with Crippen LogP contribution >= 0.6 is 0 Å². The molecule has 6 nitrogen and oxygen atoms in total. The van der Waals surface area contributed by atoms with Gasteiger partial charge in [0.2, 0.25) is 0 Å². The lowest BCUT2D eigenvalue weighted by Crippen LogP contribution is -2.39. The fraction of sp³-hybridized carbons (Fsp3) is 0.636. The molecule has 0 aromatic carbocycles. The fourth-order valence-electron chi connectivity index (χ4n) is 3.58. The quantitative estimate of drug-likeness (QED) is 0.780. The number of hydrogen-bond donors (Lipinski definition) is 0. The summed E-state index contributed by atoms with van der Waals surface area (Å²) in [5, 5.41) is 0. The molecule has 154 valence electrons.